The van der Waals surface area contributed by atoms with Crippen molar-refractivity contribution in [3.8, 4) is 5.75 Å². The number of hydrogen-bond acceptors (Lipinski definition) is 7. The summed E-state index contributed by atoms with van der Waals surface area (Å²) in [6, 6.07) is 21.1. The van der Waals surface area contributed by atoms with Crippen LogP contribution >= 0.6 is 0 Å². The van der Waals surface area contributed by atoms with E-state index in [1.54, 1.807) is 42.5 Å². The van der Waals surface area contributed by atoms with Crippen LogP contribution in [-0.2, 0) is 33.8 Å². The fourth-order valence-corrected chi connectivity index (χ4v) is 5.75. The predicted octanol–water partition coefficient (Wildman–Crippen LogP) is 7.58. The van der Waals surface area contributed by atoms with Crippen LogP contribution in [0.4, 0.5) is 35.9 Å². The van der Waals surface area contributed by atoms with Gasteiger partial charge in [-0.15, -0.1) is 0 Å². The number of carboxylic acids is 1. The number of ether oxygens (including phenoxy) is 1. The van der Waals surface area contributed by atoms with Crippen LogP contribution in [0, 0.1) is 10.1 Å². The number of rotatable bonds is 14. The van der Waals surface area contributed by atoms with Crippen molar-refractivity contribution in [1.29, 1.82) is 0 Å². The lowest BCUT2D eigenvalue weighted by molar-refractivity contribution is -0.388. The highest BCUT2D eigenvalue weighted by Gasteiger charge is 2.35. The number of unbranched alkanes of at least 4 members (excludes halogenated alkanes) is 1. The van der Waals surface area contributed by atoms with E-state index >= 15 is 0 Å². The summed E-state index contributed by atoms with van der Waals surface area (Å²) in [6.07, 6.45) is -3.35. The number of anilines is 3. The highest BCUT2D eigenvalue weighted by Crippen LogP contribution is 2.37. The number of aliphatic carboxylic acids is 1. The van der Waals surface area contributed by atoms with Crippen molar-refractivity contribution < 1.29 is 41.2 Å². The number of hydrogen-bond donors (Lipinski definition) is 3. The molecule has 0 bridgehead atoms. The second kappa shape index (κ2) is 14.3. The Bertz CT molecular complexity index is 1800. The first kappa shape index (κ1) is 33.8. The molecule has 14 heteroatoms. The summed E-state index contributed by atoms with van der Waals surface area (Å²) in [5.41, 5.74) is -0.383. The molecule has 0 amide bonds. The number of sulfonamides is 1. The number of benzene rings is 4. The molecule has 0 heterocycles. The fourth-order valence-electron chi connectivity index (χ4n) is 4.52. The van der Waals surface area contributed by atoms with Crippen LogP contribution in [0.5, 0.6) is 5.75 Å². The molecule has 0 radical (unpaired) electrons. The molecule has 242 valence electrons. The minimum absolute atomic E-state index is 0.0319. The Morgan fingerprint density at radius 1 is 0.957 bits per heavy atom. The minimum atomic E-state index is -4.94. The molecule has 0 aliphatic rings. The lowest BCUT2D eigenvalue weighted by atomic mass is 10.1. The summed E-state index contributed by atoms with van der Waals surface area (Å²) >= 11 is 0. The number of halogens is 3. The molecule has 10 nitrogen and oxygen atoms in total. The van der Waals surface area contributed by atoms with Crippen LogP contribution in [0.3, 0.4) is 0 Å². The third-order valence-corrected chi connectivity index (χ3v) is 8.29. The molecule has 0 fully saturated rings. The molecule has 0 spiro atoms. The molecule has 0 aliphatic carbocycles. The van der Waals surface area contributed by atoms with Gasteiger partial charge >= 0.3 is 12.1 Å². The first-order chi connectivity index (χ1) is 21.8. The summed E-state index contributed by atoms with van der Waals surface area (Å²) in [7, 11) is -4.81. The van der Waals surface area contributed by atoms with Crippen molar-refractivity contribution in [3.63, 3.8) is 0 Å². The zero-order valence-electron chi connectivity index (χ0n) is 24.5. The molecule has 4 aromatic carbocycles. The summed E-state index contributed by atoms with van der Waals surface area (Å²) in [5, 5.41) is 24.5. The number of nitro benzene ring substituents is 1. The van der Waals surface area contributed by atoms with Crippen molar-refractivity contribution in [2.75, 3.05) is 10.0 Å². The first-order valence-electron chi connectivity index (χ1n) is 14.1. The minimum Gasteiger partial charge on any atom is -0.478 e. The Balaban J connectivity index is 1.71. The molecule has 0 aromatic heterocycles. The molecular formula is C32H30F3N3O7S. The van der Waals surface area contributed by atoms with E-state index in [0.717, 1.165) is 24.8 Å². The van der Waals surface area contributed by atoms with Crippen molar-refractivity contribution in [3.05, 3.63) is 118 Å². The zero-order chi connectivity index (χ0) is 33.5. The molecular weight excluding hydrogens is 627 g/mol. The van der Waals surface area contributed by atoms with Crippen LogP contribution in [0.15, 0.2) is 95.9 Å². The Kier molecular flexibility index (Phi) is 10.5. The van der Waals surface area contributed by atoms with Crippen LogP contribution < -0.4 is 14.8 Å². The van der Waals surface area contributed by atoms with E-state index in [9.17, 15) is 41.6 Å². The van der Waals surface area contributed by atoms with Crippen LogP contribution in [-0.4, -0.2) is 30.5 Å². The Morgan fingerprint density at radius 3 is 2.26 bits per heavy atom. The van der Waals surface area contributed by atoms with Crippen molar-refractivity contribution in [2.45, 2.75) is 49.8 Å². The Morgan fingerprint density at radius 2 is 1.65 bits per heavy atom. The van der Waals surface area contributed by atoms with E-state index in [2.05, 4.69) is 17.0 Å². The third-order valence-electron chi connectivity index (χ3n) is 6.88. The van der Waals surface area contributed by atoms with E-state index in [1.165, 1.54) is 18.2 Å². The summed E-state index contributed by atoms with van der Waals surface area (Å²) in [5.74, 6) is -1.17. The number of nitro groups is 1. The van der Waals surface area contributed by atoms with Gasteiger partial charge in [-0.1, -0.05) is 55.8 Å². The highest BCUT2D eigenvalue weighted by molar-refractivity contribution is 7.92. The average molecular weight is 658 g/mol. The molecule has 1 unspecified atom stereocenters. The molecule has 4 aromatic rings. The van der Waals surface area contributed by atoms with Gasteiger partial charge in [0.05, 0.1) is 21.9 Å². The van der Waals surface area contributed by atoms with Gasteiger partial charge in [0, 0.05) is 24.2 Å². The van der Waals surface area contributed by atoms with Gasteiger partial charge in [-0.2, -0.15) is 13.2 Å². The van der Waals surface area contributed by atoms with Crippen molar-refractivity contribution in [1.82, 2.24) is 0 Å². The second-order valence-electron chi connectivity index (χ2n) is 10.3. The van der Waals surface area contributed by atoms with E-state index in [1.807, 2.05) is 12.1 Å². The smallest absolute Gasteiger partial charge is 0.416 e. The summed E-state index contributed by atoms with van der Waals surface area (Å²) in [6.45, 7) is 2.07. The maximum absolute atomic E-state index is 13.4. The van der Waals surface area contributed by atoms with E-state index < -0.39 is 49.3 Å². The molecule has 0 saturated carbocycles. The number of alkyl halides is 3. The number of carbonyl (C=O) groups is 1. The average Bonchev–Trinajstić information content (AvgIpc) is 3.01. The quantitative estimate of drug-likeness (QED) is 0.0929. The largest absolute Gasteiger partial charge is 0.478 e. The summed E-state index contributed by atoms with van der Waals surface area (Å²) < 4.78 is 74.3. The van der Waals surface area contributed by atoms with Gasteiger partial charge in [0.15, 0.2) is 11.0 Å². The number of nitrogens with zero attached hydrogens (tertiary/aromatic N) is 1. The van der Waals surface area contributed by atoms with Gasteiger partial charge in [-0.3, -0.25) is 14.8 Å². The lowest BCUT2D eigenvalue weighted by Crippen LogP contribution is -2.29. The molecule has 4 rings (SSSR count). The fraction of sp³-hybridized carbons (Fsp3) is 0.219. The number of nitrogens with one attached hydrogen (secondary N) is 2. The van der Waals surface area contributed by atoms with Crippen LogP contribution in [0.1, 0.15) is 36.5 Å². The number of carboxylic acid groups (broad SMARTS) is 1. The van der Waals surface area contributed by atoms with Crippen LogP contribution in [0.2, 0.25) is 0 Å². The molecule has 0 aliphatic heterocycles. The van der Waals surface area contributed by atoms with Crippen molar-refractivity contribution in [2.24, 2.45) is 0 Å². The Labute approximate surface area is 263 Å². The second-order valence-corrected chi connectivity index (χ2v) is 12.0. The maximum atomic E-state index is 13.4. The topological polar surface area (TPSA) is 148 Å². The molecule has 0 saturated heterocycles. The van der Waals surface area contributed by atoms with E-state index in [0.29, 0.717) is 23.4 Å². The van der Waals surface area contributed by atoms with Gasteiger partial charge in [-0.25, -0.2) is 13.2 Å². The van der Waals surface area contributed by atoms with Crippen molar-refractivity contribution >= 4 is 38.7 Å². The normalized spacial score (nSPS) is 12.3. The van der Waals surface area contributed by atoms with Gasteiger partial charge in [0.2, 0.25) is 0 Å². The molecule has 1 atom stereocenters. The third kappa shape index (κ3) is 8.75. The summed E-state index contributed by atoms with van der Waals surface area (Å²) in [4.78, 5) is 21.4. The van der Waals surface area contributed by atoms with Crippen LogP contribution in [0.25, 0.3) is 0 Å². The SMILES string of the molecule is CCCCc1ccc(Nc2cc(OC(Cc3ccccc3)C(=O)O)ccc2NS(=O)(=O)c2ccc(C(F)(F)F)cc2[N+](=O)[O-])cc1. The predicted molar refractivity (Wildman–Crippen MR) is 166 cm³/mol. The standard InChI is InChI=1S/C32H30F3N3O7S/c1-2-3-7-21-10-13-24(14-11-21)36-27-20-25(45-29(31(39)40)18-22-8-5-4-6-9-22)15-16-26(27)37-46(43,44)30-17-12-23(32(33,34)35)19-28(30)38(41)42/h4-6,8-17,19-20,29,36-37H,2-3,7,18H2,1H3,(H,39,40). The molecule has 3 N–H and O–H groups in total. The number of aryl methyl sites for hydroxylation is 1. The van der Waals surface area contributed by atoms with Gasteiger partial charge < -0.3 is 15.2 Å². The first-order valence-corrected chi connectivity index (χ1v) is 15.6. The highest BCUT2D eigenvalue weighted by atomic mass is 32.2. The monoisotopic (exact) mass is 657 g/mol. The molecule has 46 heavy (non-hydrogen) atoms. The van der Waals surface area contributed by atoms with Gasteiger partial charge in [-0.05, 0) is 60.4 Å². The maximum Gasteiger partial charge on any atom is 0.416 e. The van der Waals surface area contributed by atoms with E-state index in [4.69, 9.17) is 4.74 Å². The van der Waals surface area contributed by atoms with Gasteiger partial charge in [0.1, 0.15) is 5.75 Å². The lowest BCUT2D eigenvalue weighted by Gasteiger charge is -2.19. The van der Waals surface area contributed by atoms with E-state index in [-0.39, 0.29) is 29.6 Å². The van der Waals surface area contributed by atoms with Gasteiger partial charge in [0.25, 0.3) is 15.7 Å². The zero-order valence-corrected chi connectivity index (χ0v) is 25.3. The Hall–Kier alpha value is -5.11.